The Balaban J connectivity index is 2.15. The normalized spacial score (nSPS) is 10.2. The number of hydrogen-bond acceptors (Lipinski definition) is 1. The first kappa shape index (κ1) is 15.3. The lowest BCUT2D eigenvalue weighted by Crippen LogP contribution is -2.20. The van der Waals surface area contributed by atoms with Crippen LogP contribution in [0.4, 0.5) is 16.2 Å². The van der Waals surface area contributed by atoms with Crippen molar-refractivity contribution >= 4 is 63.8 Å². The van der Waals surface area contributed by atoms with Gasteiger partial charge in [0, 0.05) is 5.02 Å². The van der Waals surface area contributed by atoms with Crippen molar-refractivity contribution in [1.29, 1.82) is 0 Å². The van der Waals surface area contributed by atoms with Gasteiger partial charge >= 0.3 is 6.03 Å². The molecule has 2 rings (SSSR count). The highest BCUT2D eigenvalue weighted by atomic mass is 35.5. The van der Waals surface area contributed by atoms with Crippen LogP contribution in [0.2, 0.25) is 20.1 Å². The van der Waals surface area contributed by atoms with Crippen LogP contribution >= 0.6 is 46.4 Å². The van der Waals surface area contributed by atoms with Crippen LogP contribution in [0.3, 0.4) is 0 Å². The van der Waals surface area contributed by atoms with Crippen LogP contribution in [0.25, 0.3) is 0 Å². The lowest BCUT2D eigenvalue weighted by Gasteiger charge is -2.11. The van der Waals surface area contributed by atoms with Gasteiger partial charge < -0.3 is 10.6 Å². The van der Waals surface area contributed by atoms with Crippen molar-refractivity contribution in [3.05, 3.63) is 56.5 Å². The molecule has 0 bridgehead atoms. The van der Waals surface area contributed by atoms with Crippen molar-refractivity contribution in [2.45, 2.75) is 0 Å². The Morgan fingerprint density at radius 3 is 2.15 bits per heavy atom. The van der Waals surface area contributed by atoms with E-state index < -0.39 is 6.03 Å². The summed E-state index contributed by atoms with van der Waals surface area (Å²) in [5.74, 6) is 0. The molecule has 0 fully saturated rings. The molecule has 0 heterocycles. The van der Waals surface area contributed by atoms with Gasteiger partial charge in [-0.15, -0.1) is 0 Å². The molecule has 0 saturated carbocycles. The van der Waals surface area contributed by atoms with Crippen molar-refractivity contribution in [2.75, 3.05) is 10.6 Å². The van der Waals surface area contributed by atoms with Gasteiger partial charge in [0.1, 0.15) is 0 Å². The third-order valence-corrected chi connectivity index (χ3v) is 3.57. The van der Waals surface area contributed by atoms with Gasteiger partial charge in [0.15, 0.2) is 0 Å². The topological polar surface area (TPSA) is 41.1 Å². The molecule has 2 aromatic rings. The fraction of sp³-hybridized carbons (Fsp3) is 0. The highest BCUT2D eigenvalue weighted by Crippen LogP contribution is 2.30. The molecule has 7 heteroatoms. The quantitative estimate of drug-likeness (QED) is 0.691. The van der Waals surface area contributed by atoms with E-state index in [1.54, 1.807) is 30.3 Å². The van der Waals surface area contributed by atoms with E-state index in [0.717, 1.165) is 0 Å². The van der Waals surface area contributed by atoms with Crippen molar-refractivity contribution in [2.24, 2.45) is 0 Å². The number of halogens is 4. The maximum atomic E-state index is 11.9. The van der Waals surface area contributed by atoms with Gasteiger partial charge in [-0.05, 0) is 30.3 Å². The van der Waals surface area contributed by atoms with Crippen LogP contribution in [0.5, 0.6) is 0 Å². The highest BCUT2D eigenvalue weighted by Gasteiger charge is 2.11. The SMILES string of the molecule is O=C(Nc1cc(Cl)ccc1Cl)Nc1c(Cl)cccc1Cl. The molecular formula is C13H8Cl4N2O. The summed E-state index contributed by atoms with van der Waals surface area (Å²) in [6.07, 6.45) is 0. The number of carbonyl (C=O) groups excluding carboxylic acids is 1. The standard InChI is InChI=1S/C13H8Cl4N2O/c14-7-4-5-8(15)11(6-7)18-13(20)19-12-9(16)2-1-3-10(12)17/h1-6H,(H2,18,19,20). The van der Waals surface area contributed by atoms with E-state index in [-0.39, 0.29) is 0 Å². The number of hydrogen-bond donors (Lipinski definition) is 2. The first-order valence-corrected chi connectivity index (χ1v) is 6.95. The lowest BCUT2D eigenvalue weighted by molar-refractivity contribution is 0.262. The molecule has 0 saturated heterocycles. The van der Waals surface area contributed by atoms with Gasteiger partial charge in [0.05, 0.1) is 26.4 Å². The number of para-hydroxylation sites is 1. The minimum atomic E-state index is -0.524. The van der Waals surface area contributed by atoms with E-state index in [0.29, 0.717) is 31.5 Å². The zero-order valence-electron chi connectivity index (χ0n) is 9.88. The van der Waals surface area contributed by atoms with Gasteiger partial charge in [-0.3, -0.25) is 0 Å². The first-order valence-electron chi connectivity index (χ1n) is 5.44. The Morgan fingerprint density at radius 2 is 1.50 bits per heavy atom. The number of rotatable bonds is 2. The molecule has 20 heavy (non-hydrogen) atoms. The van der Waals surface area contributed by atoms with Gasteiger partial charge in [-0.1, -0.05) is 52.5 Å². The number of anilines is 2. The Kier molecular flexibility index (Phi) is 5.00. The average Bonchev–Trinajstić information content (AvgIpc) is 2.38. The molecule has 0 atom stereocenters. The van der Waals surface area contributed by atoms with Gasteiger partial charge in [0.25, 0.3) is 0 Å². The molecule has 0 aliphatic rings. The fourth-order valence-corrected chi connectivity index (χ4v) is 2.31. The Morgan fingerprint density at radius 1 is 0.850 bits per heavy atom. The van der Waals surface area contributed by atoms with Gasteiger partial charge in [0.2, 0.25) is 0 Å². The molecule has 0 aliphatic carbocycles. The number of carbonyl (C=O) groups is 1. The predicted molar refractivity (Wildman–Crippen MR) is 85.6 cm³/mol. The van der Waals surface area contributed by atoms with E-state index in [2.05, 4.69) is 10.6 Å². The zero-order valence-corrected chi connectivity index (χ0v) is 12.9. The smallest absolute Gasteiger partial charge is 0.306 e. The summed E-state index contributed by atoms with van der Waals surface area (Å²) in [6.45, 7) is 0. The van der Waals surface area contributed by atoms with Crippen LogP contribution in [-0.4, -0.2) is 6.03 Å². The van der Waals surface area contributed by atoms with E-state index in [1.807, 2.05) is 0 Å². The first-order chi connectivity index (χ1) is 9.47. The maximum absolute atomic E-state index is 11.9. The predicted octanol–water partition coefficient (Wildman–Crippen LogP) is 5.94. The molecule has 2 amide bonds. The van der Waals surface area contributed by atoms with Crippen molar-refractivity contribution in [3.63, 3.8) is 0 Å². The lowest BCUT2D eigenvalue weighted by atomic mass is 10.3. The van der Waals surface area contributed by atoms with Crippen LogP contribution in [0, 0.1) is 0 Å². The van der Waals surface area contributed by atoms with E-state index in [9.17, 15) is 4.79 Å². The summed E-state index contributed by atoms with van der Waals surface area (Å²) in [5, 5.41) is 6.63. The maximum Gasteiger partial charge on any atom is 0.323 e. The summed E-state index contributed by atoms with van der Waals surface area (Å²) in [4.78, 5) is 11.9. The molecule has 3 nitrogen and oxygen atoms in total. The monoisotopic (exact) mass is 348 g/mol. The fourth-order valence-electron chi connectivity index (χ4n) is 1.48. The Bertz CT molecular complexity index is 641. The van der Waals surface area contributed by atoms with Crippen molar-refractivity contribution < 1.29 is 4.79 Å². The molecule has 104 valence electrons. The third-order valence-electron chi connectivity index (χ3n) is 2.38. The van der Waals surface area contributed by atoms with E-state index in [1.165, 1.54) is 6.07 Å². The highest BCUT2D eigenvalue weighted by molar-refractivity contribution is 6.40. The Labute approximate surface area is 135 Å². The Hall–Kier alpha value is -1.13. The molecule has 0 spiro atoms. The van der Waals surface area contributed by atoms with Crippen LogP contribution in [-0.2, 0) is 0 Å². The van der Waals surface area contributed by atoms with Gasteiger partial charge in [-0.25, -0.2) is 4.79 Å². The van der Waals surface area contributed by atoms with Crippen molar-refractivity contribution in [1.82, 2.24) is 0 Å². The number of urea groups is 1. The summed E-state index contributed by atoms with van der Waals surface area (Å²) < 4.78 is 0. The molecule has 0 radical (unpaired) electrons. The molecular weight excluding hydrogens is 342 g/mol. The molecule has 0 aliphatic heterocycles. The molecule has 2 aromatic carbocycles. The number of amides is 2. The summed E-state index contributed by atoms with van der Waals surface area (Å²) in [7, 11) is 0. The van der Waals surface area contributed by atoms with Gasteiger partial charge in [-0.2, -0.15) is 0 Å². The van der Waals surface area contributed by atoms with Crippen LogP contribution in [0.1, 0.15) is 0 Å². The summed E-state index contributed by atoms with van der Waals surface area (Å²) in [5.41, 5.74) is 0.714. The minimum Gasteiger partial charge on any atom is -0.306 e. The second kappa shape index (κ2) is 6.55. The number of nitrogens with one attached hydrogen (secondary N) is 2. The van der Waals surface area contributed by atoms with Crippen LogP contribution < -0.4 is 10.6 Å². The summed E-state index contributed by atoms with van der Waals surface area (Å²) in [6, 6.07) is 9.15. The summed E-state index contributed by atoms with van der Waals surface area (Å²) >= 11 is 23.7. The number of benzene rings is 2. The molecule has 0 unspecified atom stereocenters. The van der Waals surface area contributed by atoms with Crippen LogP contribution in [0.15, 0.2) is 36.4 Å². The second-order valence-electron chi connectivity index (χ2n) is 3.80. The average molecular weight is 350 g/mol. The molecule has 0 aromatic heterocycles. The second-order valence-corrected chi connectivity index (χ2v) is 5.46. The zero-order chi connectivity index (χ0) is 14.7. The largest absolute Gasteiger partial charge is 0.323 e. The van der Waals surface area contributed by atoms with E-state index in [4.69, 9.17) is 46.4 Å². The van der Waals surface area contributed by atoms with Crippen molar-refractivity contribution in [3.8, 4) is 0 Å². The molecule has 2 N–H and O–H groups in total. The third kappa shape index (κ3) is 3.70. The van der Waals surface area contributed by atoms with E-state index >= 15 is 0 Å². The minimum absolute atomic E-state index is 0.325.